The minimum atomic E-state index is 0.738. The van der Waals surface area contributed by atoms with Crippen LogP contribution in [0.3, 0.4) is 0 Å². The summed E-state index contributed by atoms with van der Waals surface area (Å²) in [6.45, 7) is 5.66. The maximum absolute atomic E-state index is 5.47. The molecular weight excluding hydrogens is 376 g/mol. The van der Waals surface area contributed by atoms with Gasteiger partial charge in [0.25, 0.3) is 0 Å². The molecule has 154 valence electrons. The van der Waals surface area contributed by atoms with Crippen LogP contribution in [0, 0.1) is 0 Å². The van der Waals surface area contributed by atoms with Crippen LogP contribution in [0.1, 0.15) is 28.0 Å². The number of aromatic nitrogens is 1. The zero-order valence-electron chi connectivity index (χ0n) is 17.3. The van der Waals surface area contributed by atoms with Crippen molar-refractivity contribution in [3.05, 3.63) is 82.9 Å². The van der Waals surface area contributed by atoms with Crippen LogP contribution in [0.2, 0.25) is 0 Å². The first-order valence-corrected chi connectivity index (χ1v) is 10.4. The third-order valence-electron chi connectivity index (χ3n) is 5.65. The highest BCUT2D eigenvalue weighted by molar-refractivity contribution is 6.15. The van der Waals surface area contributed by atoms with Gasteiger partial charge in [-0.3, -0.25) is 9.89 Å². The molecule has 0 spiro atoms. The second-order valence-corrected chi connectivity index (χ2v) is 7.91. The van der Waals surface area contributed by atoms with Gasteiger partial charge in [0.2, 0.25) is 0 Å². The molecule has 0 unspecified atom stereocenters. The number of benzene rings is 1. The van der Waals surface area contributed by atoms with E-state index in [9.17, 15) is 0 Å². The predicted octanol–water partition coefficient (Wildman–Crippen LogP) is 3.49. The van der Waals surface area contributed by atoms with E-state index in [-0.39, 0.29) is 0 Å². The Kier molecular flexibility index (Phi) is 5.34. The topological polar surface area (TPSA) is 54.1 Å². The van der Waals surface area contributed by atoms with Gasteiger partial charge in [0, 0.05) is 37.0 Å². The van der Waals surface area contributed by atoms with E-state index in [1.807, 2.05) is 18.3 Å². The number of hydrogen-bond acceptors (Lipinski definition) is 6. The fourth-order valence-electron chi connectivity index (χ4n) is 4.14. The van der Waals surface area contributed by atoms with Gasteiger partial charge < -0.3 is 14.1 Å². The quantitative estimate of drug-likeness (QED) is 0.632. The minimum absolute atomic E-state index is 0.738. The number of ether oxygens (including phenoxy) is 1. The number of pyridine rings is 1. The monoisotopic (exact) mass is 402 g/mol. The Balaban J connectivity index is 1.35. The van der Waals surface area contributed by atoms with Crippen LogP contribution in [0.25, 0.3) is 0 Å². The van der Waals surface area contributed by atoms with Gasteiger partial charge in [-0.25, -0.2) is 4.98 Å². The van der Waals surface area contributed by atoms with E-state index >= 15 is 0 Å². The first kappa shape index (κ1) is 19.0. The van der Waals surface area contributed by atoms with Gasteiger partial charge >= 0.3 is 0 Å². The van der Waals surface area contributed by atoms with Gasteiger partial charge in [-0.15, -0.1) is 0 Å². The predicted molar refractivity (Wildman–Crippen MR) is 117 cm³/mol. The van der Waals surface area contributed by atoms with Crippen molar-refractivity contribution in [2.75, 3.05) is 38.3 Å². The van der Waals surface area contributed by atoms with Crippen LogP contribution in [0.4, 0.5) is 5.82 Å². The molecule has 6 nitrogen and oxygen atoms in total. The summed E-state index contributed by atoms with van der Waals surface area (Å²) in [6.07, 6.45) is 3.61. The standard InChI is InChI=1S/C24H26N4O2/c1-27(17-21-3-2-10-30-21)16-18-4-5-20-15-26-24(22(20)13-18)19-6-7-25-23(14-19)28-8-11-29-12-9-28/h2-7,10,13-14H,8-9,11-12,15-17H2,1H3. The van der Waals surface area contributed by atoms with Crippen molar-refractivity contribution < 1.29 is 9.15 Å². The number of anilines is 1. The molecule has 4 heterocycles. The molecule has 2 aliphatic rings. The van der Waals surface area contributed by atoms with Gasteiger partial charge in [0.05, 0.1) is 38.3 Å². The van der Waals surface area contributed by atoms with Crippen molar-refractivity contribution in [3.63, 3.8) is 0 Å². The second kappa shape index (κ2) is 8.42. The second-order valence-electron chi connectivity index (χ2n) is 7.91. The fourth-order valence-corrected chi connectivity index (χ4v) is 4.14. The molecule has 1 saturated heterocycles. The first-order valence-electron chi connectivity index (χ1n) is 10.4. The largest absolute Gasteiger partial charge is 0.468 e. The molecule has 2 aromatic heterocycles. The molecule has 1 aromatic carbocycles. The number of furan rings is 1. The fraction of sp³-hybridized carbons (Fsp3) is 0.333. The summed E-state index contributed by atoms with van der Waals surface area (Å²) in [5.41, 5.74) is 5.99. The van der Waals surface area contributed by atoms with Gasteiger partial charge in [-0.05, 0) is 48.5 Å². The number of rotatable bonds is 6. The number of hydrogen-bond donors (Lipinski definition) is 0. The summed E-state index contributed by atoms with van der Waals surface area (Å²) in [7, 11) is 2.11. The average molecular weight is 402 g/mol. The molecule has 0 radical (unpaired) electrons. The Morgan fingerprint density at radius 1 is 1.07 bits per heavy atom. The molecule has 0 N–H and O–H groups in total. The third kappa shape index (κ3) is 4.01. The molecule has 0 amide bonds. The van der Waals surface area contributed by atoms with E-state index in [1.54, 1.807) is 6.26 Å². The van der Waals surface area contributed by atoms with Crippen LogP contribution in [-0.2, 0) is 24.4 Å². The molecule has 5 rings (SSSR count). The van der Waals surface area contributed by atoms with Crippen molar-refractivity contribution >= 4 is 11.5 Å². The Bertz CT molecular complexity index is 1040. The first-order chi connectivity index (χ1) is 14.8. The Hall–Kier alpha value is -2.96. The maximum atomic E-state index is 5.47. The number of aliphatic imine (C=N–C) groups is 1. The summed E-state index contributed by atoms with van der Waals surface area (Å²) < 4.78 is 10.9. The van der Waals surface area contributed by atoms with Crippen LogP contribution in [-0.4, -0.2) is 48.9 Å². The van der Waals surface area contributed by atoms with Gasteiger partial charge in [0.15, 0.2) is 0 Å². The Labute approximate surface area is 176 Å². The normalized spacial score (nSPS) is 16.1. The molecule has 6 heteroatoms. The van der Waals surface area contributed by atoms with Gasteiger partial charge in [-0.2, -0.15) is 0 Å². The van der Waals surface area contributed by atoms with Crippen LogP contribution in [0.5, 0.6) is 0 Å². The zero-order valence-corrected chi connectivity index (χ0v) is 17.3. The third-order valence-corrected chi connectivity index (χ3v) is 5.65. The average Bonchev–Trinajstić information content (AvgIpc) is 3.44. The summed E-state index contributed by atoms with van der Waals surface area (Å²) in [5, 5.41) is 0. The summed E-state index contributed by atoms with van der Waals surface area (Å²) in [5.74, 6) is 1.98. The summed E-state index contributed by atoms with van der Waals surface area (Å²) >= 11 is 0. The van der Waals surface area contributed by atoms with Crippen LogP contribution < -0.4 is 4.90 Å². The van der Waals surface area contributed by atoms with Crippen molar-refractivity contribution in [3.8, 4) is 0 Å². The van der Waals surface area contributed by atoms with Gasteiger partial charge in [0.1, 0.15) is 11.6 Å². The highest BCUT2D eigenvalue weighted by atomic mass is 16.5. The lowest BCUT2D eigenvalue weighted by molar-refractivity contribution is 0.122. The maximum Gasteiger partial charge on any atom is 0.129 e. The van der Waals surface area contributed by atoms with E-state index < -0.39 is 0 Å². The lowest BCUT2D eigenvalue weighted by Crippen LogP contribution is -2.36. The van der Waals surface area contributed by atoms with Crippen molar-refractivity contribution in [2.24, 2.45) is 4.99 Å². The highest BCUT2D eigenvalue weighted by Gasteiger charge is 2.20. The molecular formula is C24H26N4O2. The van der Waals surface area contributed by atoms with Crippen LogP contribution >= 0.6 is 0 Å². The zero-order chi connectivity index (χ0) is 20.3. The molecule has 0 saturated carbocycles. The molecule has 0 bridgehead atoms. The molecule has 1 fully saturated rings. The molecule has 0 aliphatic carbocycles. The number of fused-ring (bicyclic) bond motifs is 1. The van der Waals surface area contributed by atoms with Crippen molar-refractivity contribution in [1.29, 1.82) is 0 Å². The summed E-state index contributed by atoms with van der Waals surface area (Å²) in [4.78, 5) is 14.0. The molecule has 3 aromatic rings. The number of nitrogens with zero attached hydrogens (tertiary/aromatic N) is 4. The minimum Gasteiger partial charge on any atom is -0.468 e. The van der Waals surface area contributed by atoms with Crippen molar-refractivity contribution in [1.82, 2.24) is 9.88 Å². The van der Waals surface area contributed by atoms with Gasteiger partial charge in [-0.1, -0.05) is 12.1 Å². The Morgan fingerprint density at radius 3 is 2.80 bits per heavy atom. The lowest BCUT2D eigenvalue weighted by Gasteiger charge is -2.28. The summed E-state index contributed by atoms with van der Waals surface area (Å²) in [6, 6.07) is 14.9. The van der Waals surface area contributed by atoms with E-state index in [1.165, 1.54) is 16.7 Å². The van der Waals surface area contributed by atoms with E-state index in [2.05, 4.69) is 52.2 Å². The van der Waals surface area contributed by atoms with E-state index in [0.717, 1.165) is 68.8 Å². The van der Waals surface area contributed by atoms with E-state index in [0.29, 0.717) is 0 Å². The molecule has 2 aliphatic heterocycles. The van der Waals surface area contributed by atoms with Crippen LogP contribution in [0.15, 0.2) is 64.3 Å². The highest BCUT2D eigenvalue weighted by Crippen LogP contribution is 2.26. The number of morpholine rings is 1. The smallest absolute Gasteiger partial charge is 0.129 e. The molecule has 0 atom stereocenters. The van der Waals surface area contributed by atoms with Crippen molar-refractivity contribution in [2.45, 2.75) is 19.6 Å². The lowest BCUT2D eigenvalue weighted by atomic mass is 9.98. The SMILES string of the molecule is CN(Cc1ccc2c(c1)C(c1ccnc(N3CCOCC3)c1)=NC2)Cc1ccco1. The van der Waals surface area contributed by atoms with E-state index in [4.69, 9.17) is 14.1 Å². The Morgan fingerprint density at radius 2 is 1.97 bits per heavy atom. The molecule has 30 heavy (non-hydrogen) atoms.